The summed E-state index contributed by atoms with van der Waals surface area (Å²) in [6, 6.07) is 15.4. The normalized spacial score (nSPS) is 16.3. The Balaban J connectivity index is 1.29. The second-order valence-electron chi connectivity index (χ2n) is 8.13. The predicted molar refractivity (Wildman–Crippen MR) is 122 cm³/mol. The fraction of sp³-hybridized carbons (Fsp3) is 0.250. The van der Waals surface area contributed by atoms with Crippen LogP contribution in [0.1, 0.15) is 41.9 Å². The van der Waals surface area contributed by atoms with Gasteiger partial charge in [-0.2, -0.15) is 5.10 Å². The highest BCUT2D eigenvalue weighted by Crippen LogP contribution is 2.27. The van der Waals surface area contributed by atoms with Crippen LogP contribution in [-0.4, -0.2) is 49.6 Å². The summed E-state index contributed by atoms with van der Waals surface area (Å²) in [5.41, 5.74) is 4.08. The second kappa shape index (κ2) is 8.30. The smallest absolute Gasteiger partial charge is 0.253 e. The van der Waals surface area contributed by atoms with Crippen LogP contribution in [0.25, 0.3) is 16.7 Å². The number of nitrogens with one attached hydrogen (secondary N) is 2. The molecule has 1 unspecified atom stereocenters. The Bertz CT molecular complexity index is 1240. The van der Waals surface area contributed by atoms with E-state index in [1.807, 2.05) is 53.4 Å². The number of likely N-dealkylation sites (tertiary alicyclic amines) is 1. The third-order valence-electron chi connectivity index (χ3n) is 5.78. The number of carbonyl (C=O) groups is 2. The van der Waals surface area contributed by atoms with Crippen molar-refractivity contribution < 1.29 is 9.59 Å². The molecule has 8 heteroatoms. The minimum Gasteiger partial charge on any atom is -0.342 e. The van der Waals surface area contributed by atoms with Crippen LogP contribution in [-0.2, 0) is 4.79 Å². The molecule has 0 saturated carbocycles. The average Bonchev–Trinajstić information content (AvgIpc) is 3.45. The first kappa shape index (κ1) is 20.0. The molecule has 2 aromatic heterocycles. The van der Waals surface area contributed by atoms with Crippen molar-refractivity contribution in [3.05, 3.63) is 72.3 Å². The molecule has 2 aromatic carbocycles. The van der Waals surface area contributed by atoms with Crippen LogP contribution in [0.2, 0.25) is 0 Å². The molecule has 4 aromatic rings. The zero-order chi connectivity index (χ0) is 22.1. The van der Waals surface area contributed by atoms with E-state index < -0.39 is 0 Å². The van der Waals surface area contributed by atoms with E-state index in [-0.39, 0.29) is 17.7 Å². The summed E-state index contributed by atoms with van der Waals surface area (Å²) >= 11 is 0. The lowest BCUT2D eigenvalue weighted by atomic mass is 9.96. The molecule has 1 aliphatic rings. The minimum absolute atomic E-state index is 0.0248. The molecule has 2 amide bonds. The highest BCUT2D eigenvalue weighted by Gasteiger charge is 2.27. The molecule has 0 radical (unpaired) electrons. The van der Waals surface area contributed by atoms with Crippen LogP contribution >= 0.6 is 0 Å². The molecule has 8 nitrogen and oxygen atoms in total. The third-order valence-corrected chi connectivity index (χ3v) is 5.78. The van der Waals surface area contributed by atoms with Gasteiger partial charge in [0.25, 0.3) is 5.91 Å². The summed E-state index contributed by atoms with van der Waals surface area (Å²) in [4.78, 5) is 34.4. The van der Waals surface area contributed by atoms with E-state index >= 15 is 0 Å². The summed E-state index contributed by atoms with van der Waals surface area (Å²) in [5, 5.41) is 6.96. The fourth-order valence-electron chi connectivity index (χ4n) is 4.22. The van der Waals surface area contributed by atoms with Gasteiger partial charge in [-0.25, -0.2) is 9.67 Å². The molecule has 0 spiro atoms. The number of piperidine rings is 1. The number of fused-ring (bicyclic) bond motifs is 1. The number of para-hydroxylation sites is 2. The van der Waals surface area contributed by atoms with Gasteiger partial charge >= 0.3 is 0 Å². The van der Waals surface area contributed by atoms with Crippen molar-refractivity contribution in [2.45, 2.75) is 25.7 Å². The van der Waals surface area contributed by atoms with E-state index in [0.29, 0.717) is 17.8 Å². The van der Waals surface area contributed by atoms with Gasteiger partial charge in [-0.05, 0) is 49.2 Å². The SMILES string of the molecule is CC(=O)Nc1cnn(-c2ccc(C(=O)N3CCCC(c4nc5ccccc5[nH]4)C3)cc2)c1. The van der Waals surface area contributed by atoms with E-state index in [4.69, 9.17) is 4.98 Å². The van der Waals surface area contributed by atoms with Crippen LogP contribution in [0.3, 0.4) is 0 Å². The van der Waals surface area contributed by atoms with Crippen molar-refractivity contribution >= 4 is 28.5 Å². The Morgan fingerprint density at radius 2 is 1.94 bits per heavy atom. The van der Waals surface area contributed by atoms with E-state index in [1.54, 1.807) is 17.1 Å². The number of hydrogen-bond acceptors (Lipinski definition) is 4. The molecular formula is C24H24N6O2. The van der Waals surface area contributed by atoms with Crippen LogP contribution < -0.4 is 5.32 Å². The van der Waals surface area contributed by atoms with Gasteiger partial charge in [-0.3, -0.25) is 9.59 Å². The molecule has 3 heterocycles. The minimum atomic E-state index is -0.145. The summed E-state index contributed by atoms with van der Waals surface area (Å²) < 4.78 is 1.66. The van der Waals surface area contributed by atoms with E-state index in [9.17, 15) is 9.59 Å². The highest BCUT2D eigenvalue weighted by atomic mass is 16.2. The number of carbonyl (C=O) groups excluding carboxylic acids is 2. The summed E-state index contributed by atoms with van der Waals surface area (Å²) in [6.45, 7) is 2.85. The van der Waals surface area contributed by atoms with Gasteiger partial charge in [0, 0.05) is 31.5 Å². The van der Waals surface area contributed by atoms with Gasteiger partial charge in [0.1, 0.15) is 5.82 Å². The van der Waals surface area contributed by atoms with Crippen LogP contribution in [0, 0.1) is 0 Å². The number of nitrogens with zero attached hydrogens (tertiary/aromatic N) is 4. The zero-order valence-corrected chi connectivity index (χ0v) is 17.8. The number of benzene rings is 2. The first-order chi connectivity index (χ1) is 15.6. The average molecular weight is 428 g/mol. The van der Waals surface area contributed by atoms with E-state index in [1.165, 1.54) is 6.92 Å². The van der Waals surface area contributed by atoms with Crippen molar-refractivity contribution in [3.63, 3.8) is 0 Å². The quantitative estimate of drug-likeness (QED) is 0.518. The van der Waals surface area contributed by atoms with E-state index in [0.717, 1.165) is 41.9 Å². The Hall–Kier alpha value is -3.94. The lowest BCUT2D eigenvalue weighted by Gasteiger charge is -2.32. The molecule has 0 bridgehead atoms. The van der Waals surface area contributed by atoms with Gasteiger partial charge in [0.05, 0.1) is 34.8 Å². The van der Waals surface area contributed by atoms with Gasteiger partial charge < -0.3 is 15.2 Å². The molecule has 1 atom stereocenters. The lowest BCUT2D eigenvalue weighted by molar-refractivity contribution is -0.114. The topological polar surface area (TPSA) is 95.9 Å². The number of amides is 2. The van der Waals surface area contributed by atoms with Crippen LogP contribution in [0.15, 0.2) is 60.9 Å². The predicted octanol–water partition coefficient (Wildman–Crippen LogP) is 3.73. The monoisotopic (exact) mass is 428 g/mol. The molecular weight excluding hydrogens is 404 g/mol. The van der Waals surface area contributed by atoms with Crippen molar-refractivity contribution in [1.82, 2.24) is 24.6 Å². The largest absolute Gasteiger partial charge is 0.342 e. The second-order valence-corrected chi connectivity index (χ2v) is 8.13. The summed E-state index contributed by atoms with van der Waals surface area (Å²) in [7, 11) is 0. The number of anilines is 1. The van der Waals surface area contributed by atoms with Crippen molar-refractivity contribution in [2.75, 3.05) is 18.4 Å². The number of hydrogen-bond donors (Lipinski definition) is 2. The maximum Gasteiger partial charge on any atom is 0.253 e. The number of aromatic nitrogens is 4. The van der Waals surface area contributed by atoms with Gasteiger partial charge in [-0.15, -0.1) is 0 Å². The summed E-state index contributed by atoms with van der Waals surface area (Å²) in [5.74, 6) is 1.04. The Morgan fingerprint density at radius 3 is 2.72 bits per heavy atom. The van der Waals surface area contributed by atoms with Gasteiger partial charge in [0.15, 0.2) is 0 Å². The third kappa shape index (κ3) is 3.99. The molecule has 0 aliphatic carbocycles. The number of imidazole rings is 1. The first-order valence-electron chi connectivity index (χ1n) is 10.7. The number of H-pyrrole nitrogens is 1. The fourth-order valence-corrected chi connectivity index (χ4v) is 4.22. The summed E-state index contributed by atoms with van der Waals surface area (Å²) in [6.07, 6.45) is 5.29. The van der Waals surface area contributed by atoms with Crippen molar-refractivity contribution in [3.8, 4) is 5.69 Å². The Kier molecular flexibility index (Phi) is 5.18. The molecule has 1 aliphatic heterocycles. The Labute approximate surface area is 185 Å². The maximum absolute atomic E-state index is 13.1. The first-order valence-corrected chi connectivity index (χ1v) is 10.7. The molecule has 32 heavy (non-hydrogen) atoms. The van der Waals surface area contributed by atoms with Crippen molar-refractivity contribution in [1.29, 1.82) is 0 Å². The maximum atomic E-state index is 13.1. The number of aromatic amines is 1. The van der Waals surface area contributed by atoms with Crippen molar-refractivity contribution in [2.24, 2.45) is 0 Å². The molecule has 5 rings (SSSR count). The van der Waals surface area contributed by atoms with Gasteiger partial charge in [-0.1, -0.05) is 12.1 Å². The molecule has 1 saturated heterocycles. The highest BCUT2D eigenvalue weighted by molar-refractivity contribution is 5.94. The lowest BCUT2D eigenvalue weighted by Crippen LogP contribution is -2.39. The van der Waals surface area contributed by atoms with Crippen LogP contribution in [0.4, 0.5) is 5.69 Å². The molecule has 1 fully saturated rings. The van der Waals surface area contributed by atoms with E-state index in [2.05, 4.69) is 15.4 Å². The standard InChI is InChI=1S/C24H24N6O2/c1-16(31)26-19-13-25-30(15-19)20-10-8-17(9-11-20)24(32)29-12-4-5-18(14-29)23-27-21-6-2-3-7-22(21)28-23/h2-3,6-11,13,15,18H,4-5,12,14H2,1H3,(H,26,31)(H,27,28). The molecule has 162 valence electrons. The Morgan fingerprint density at radius 1 is 1.12 bits per heavy atom. The molecule has 2 N–H and O–H groups in total. The van der Waals surface area contributed by atoms with Gasteiger partial charge in [0.2, 0.25) is 5.91 Å². The number of rotatable bonds is 4. The zero-order valence-electron chi connectivity index (χ0n) is 17.8. The van der Waals surface area contributed by atoms with Crippen LogP contribution in [0.5, 0.6) is 0 Å².